The molecule has 0 bridgehead atoms. The highest BCUT2D eigenvalue weighted by Gasteiger charge is 2.08. The molecule has 54 valence electrons. The molecular weight excluding hydrogens is 161 g/mol. The minimum absolute atomic E-state index is 0.192. The van der Waals surface area contributed by atoms with Crippen LogP contribution in [0.1, 0.15) is 0 Å². The molecular formula is C3H2FN3O2S. The Morgan fingerprint density at radius 2 is 2.60 bits per heavy atom. The summed E-state index contributed by atoms with van der Waals surface area (Å²) in [4.78, 5) is 9.31. The maximum Gasteiger partial charge on any atom is 0.308 e. The van der Waals surface area contributed by atoms with Gasteiger partial charge in [-0.3, -0.25) is 10.1 Å². The first-order chi connectivity index (χ1) is 4.74. The molecule has 0 amide bonds. The predicted molar refractivity (Wildman–Crippen MR) is 33.0 cm³/mol. The lowest BCUT2D eigenvalue weighted by Crippen LogP contribution is -1.83. The number of rotatable bonds is 2. The average Bonchev–Trinajstić information content (AvgIpc) is 2.34. The quantitative estimate of drug-likeness (QED) is 0.485. The average molecular weight is 163 g/mol. The van der Waals surface area contributed by atoms with Gasteiger partial charge in [0.1, 0.15) is 12.4 Å². The van der Waals surface area contributed by atoms with Gasteiger partial charge < -0.3 is 0 Å². The maximum atomic E-state index is 11.6. The Balaban J connectivity index is 2.88. The van der Waals surface area contributed by atoms with Crippen molar-refractivity contribution in [1.82, 2.24) is 9.19 Å². The first-order valence-electron chi connectivity index (χ1n) is 2.22. The van der Waals surface area contributed by atoms with Gasteiger partial charge in [0.05, 0.1) is 4.92 Å². The number of aromatic nitrogens is 2. The molecule has 10 heavy (non-hydrogen) atoms. The molecule has 0 aliphatic heterocycles. The summed E-state index contributed by atoms with van der Waals surface area (Å²) in [6.45, 7) is 0. The first-order valence-corrected chi connectivity index (χ1v) is 2.89. The summed E-state index contributed by atoms with van der Waals surface area (Å²) in [7, 11) is 0. The zero-order chi connectivity index (χ0) is 7.56. The second-order valence-corrected chi connectivity index (χ2v) is 1.94. The third kappa shape index (κ3) is 1.24. The van der Waals surface area contributed by atoms with Gasteiger partial charge in [0, 0.05) is 0 Å². The summed E-state index contributed by atoms with van der Waals surface area (Å²) in [5.41, 5.74) is -0.217. The fraction of sp³-hybridized carbons (Fsp3) is 0. The van der Waals surface area contributed by atoms with Gasteiger partial charge in [0.15, 0.2) is 12.3 Å². The van der Waals surface area contributed by atoms with Crippen LogP contribution in [0.25, 0.3) is 0 Å². The number of hydrogen-bond donors (Lipinski definition) is 0. The van der Waals surface area contributed by atoms with E-state index in [0.717, 1.165) is 16.5 Å². The first kappa shape index (κ1) is 7.00. The van der Waals surface area contributed by atoms with E-state index in [-0.39, 0.29) is 18.0 Å². The molecule has 0 aromatic carbocycles. The highest BCUT2D eigenvalue weighted by atomic mass is 32.2. The van der Waals surface area contributed by atoms with Crippen LogP contribution in [0, 0.1) is 10.1 Å². The van der Waals surface area contributed by atoms with Crippen molar-refractivity contribution < 1.29 is 8.81 Å². The van der Waals surface area contributed by atoms with Crippen LogP contribution in [-0.2, 0) is 0 Å². The van der Waals surface area contributed by atoms with Gasteiger partial charge in [-0.15, -0.1) is 3.89 Å². The van der Waals surface area contributed by atoms with Gasteiger partial charge in [-0.1, -0.05) is 0 Å². The molecule has 1 aromatic heterocycles. The zero-order valence-electron chi connectivity index (χ0n) is 4.60. The molecule has 0 spiro atoms. The summed E-state index contributed by atoms with van der Waals surface area (Å²) >= 11 is -0.192. The van der Waals surface area contributed by atoms with Crippen LogP contribution in [0.3, 0.4) is 0 Å². The van der Waals surface area contributed by atoms with Crippen LogP contribution in [0.5, 0.6) is 0 Å². The third-order valence-corrected chi connectivity index (χ3v) is 1.17. The Labute approximate surface area is 59.4 Å². The van der Waals surface area contributed by atoms with Gasteiger partial charge in [-0.05, 0) is 0 Å². The molecule has 0 saturated carbocycles. The minimum Gasteiger partial charge on any atom is -0.258 e. The predicted octanol–water partition coefficient (Wildman–Crippen LogP) is 1.17. The molecule has 0 fully saturated rings. The van der Waals surface area contributed by atoms with Gasteiger partial charge >= 0.3 is 5.69 Å². The van der Waals surface area contributed by atoms with Crippen molar-refractivity contribution in [3.8, 4) is 0 Å². The monoisotopic (exact) mass is 163 g/mol. The Hall–Kier alpha value is -1.11. The van der Waals surface area contributed by atoms with Crippen LogP contribution in [-0.4, -0.2) is 14.1 Å². The number of nitro groups is 1. The lowest BCUT2D eigenvalue weighted by molar-refractivity contribution is -0.384. The summed E-state index contributed by atoms with van der Waals surface area (Å²) in [5, 5.41) is 13.3. The van der Waals surface area contributed by atoms with Gasteiger partial charge in [-0.2, -0.15) is 9.19 Å². The summed E-state index contributed by atoms with van der Waals surface area (Å²) in [6.07, 6.45) is 1.97. The van der Waals surface area contributed by atoms with Crippen molar-refractivity contribution in [2.45, 2.75) is 0 Å². The van der Waals surface area contributed by atoms with Crippen molar-refractivity contribution in [2.24, 2.45) is 0 Å². The van der Waals surface area contributed by atoms with Crippen molar-refractivity contribution >= 4 is 18.0 Å². The van der Waals surface area contributed by atoms with Gasteiger partial charge in [-0.25, -0.2) is 0 Å². The normalized spacial score (nSPS) is 9.70. The van der Waals surface area contributed by atoms with Crippen molar-refractivity contribution in [1.29, 1.82) is 0 Å². The standard InChI is InChI=1S/C3H2FN3O2S/c4-10-6-2-3(1-5-6)7(8)9/h1-2H. The molecule has 0 radical (unpaired) electrons. The molecule has 1 rings (SSSR count). The molecule has 0 unspecified atom stereocenters. The highest BCUT2D eigenvalue weighted by molar-refractivity contribution is 7.92. The van der Waals surface area contributed by atoms with Crippen molar-refractivity contribution in [3.05, 3.63) is 22.5 Å². The van der Waals surface area contributed by atoms with Gasteiger partial charge in [0.2, 0.25) is 0 Å². The van der Waals surface area contributed by atoms with Crippen LogP contribution in [0.4, 0.5) is 9.57 Å². The molecule has 5 nitrogen and oxygen atoms in total. The zero-order valence-corrected chi connectivity index (χ0v) is 5.42. The van der Waals surface area contributed by atoms with E-state index < -0.39 is 4.92 Å². The third-order valence-electron chi connectivity index (χ3n) is 0.828. The topological polar surface area (TPSA) is 61.0 Å². The number of halogens is 1. The summed E-state index contributed by atoms with van der Waals surface area (Å²) < 4.78 is 12.4. The molecule has 1 aromatic rings. The fourth-order valence-electron chi connectivity index (χ4n) is 0.428. The van der Waals surface area contributed by atoms with E-state index in [4.69, 9.17) is 0 Å². The number of hydrogen-bond acceptors (Lipinski definition) is 4. The molecule has 0 N–H and O–H groups in total. The van der Waals surface area contributed by atoms with Crippen LogP contribution in [0.2, 0.25) is 0 Å². The molecule has 0 atom stereocenters. The van der Waals surface area contributed by atoms with Crippen LogP contribution >= 0.6 is 12.3 Å². The summed E-state index contributed by atoms with van der Waals surface area (Å²) in [5.74, 6) is 0. The Kier molecular flexibility index (Phi) is 1.86. The van der Waals surface area contributed by atoms with Crippen LogP contribution < -0.4 is 0 Å². The smallest absolute Gasteiger partial charge is 0.258 e. The minimum atomic E-state index is -0.639. The second kappa shape index (κ2) is 2.65. The number of nitrogens with zero attached hydrogens (tertiary/aromatic N) is 3. The van der Waals surface area contributed by atoms with Crippen LogP contribution in [0.15, 0.2) is 12.4 Å². The molecule has 1 heterocycles. The Bertz CT molecular complexity index is 250. The Morgan fingerprint density at radius 3 is 2.90 bits per heavy atom. The van der Waals surface area contributed by atoms with E-state index in [2.05, 4.69) is 5.10 Å². The van der Waals surface area contributed by atoms with Gasteiger partial charge in [0.25, 0.3) is 0 Å². The molecule has 7 heteroatoms. The molecule has 0 aliphatic carbocycles. The molecule has 0 aliphatic rings. The Morgan fingerprint density at radius 1 is 1.90 bits per heavy atom. The van der Waals surface area contributed by atoms with E-state index in [0.29, 0.717) is 0 Å². The van der Waals surface area contributed by atoms with Crippen molar-refractivity contribution in [3.63, 3.8) is 0 Å². The van der Waals surface area contributed by atoms with E-state index in [1.54, 1.807) is 0 Å². The second-order valence-electron chi connectivity index (χ2n) is 1.43. The van der Waals surface area contributed by atoms with E-state index in [9.17, 15) is 14.0 Å². The lowest BCUT2D eigenvalue weighted by atomic mass is 10.6. The largest absolute Gasteiger partial charge is 0.308 e. The fourth-order valence-corrected chi connectivity index (χ4v) is 0.659. The van der Waals surface area contributed by atoms with E-state index in [1.165, 1.54) is 0 Å². The summed E-state index contributed by atoms with van der Waals surface area (Å²) in [6, 6.07) is 0. The van der Waals surface area contributed by atoms with Crippen molar-refractivity contribution in [2.75, 3.05) is 0 Å². The molecule has 0 saturated heterocycles. The lowest BCUT2D eigenvalue weighted by Gasteiger charge is -1.81. The highest BCUT2D eigenvalue weighted by Crippen LogP contribution is 2.12. The van der Waals surface area contributed by atoms with E-state index in [1.807, 2.05) is 0 Å². The maximum absolute atomic E-state index is 11.6. The SMILES string of the molecule is O=[N+]([O-])c1cnn(SF)c1. The van der Waals surface area contributed by atoms with E-state index >= 15 is 0 Å².